The fourth-order valence-corrected chi connectivity index (χ4v) is 1.72. The number of nitro groups is 1. The van der Waals surface area contributed by atoms with E-state index in [0.29, 0.717) is 6.54 Å². The third-order valence-electron chi connectivity index (χ3n) is 2.81. The molecule has 2 heterocycles. The largest absolute Gasteiger partial charge is 0.364 e. The number of aromatic nitrogens is 4. The molecule has 0 spiro atoms. The Hall–Kier alpha value is -2.51. The van der Waals surface area contributed by atoms with E-state index >= 15 is 0 Å². The quantitative estimate of drug-likeness (QED) is 0.664. The minimum Gasteiger partial charge on any atom is -0.364 e. The van der Waals surface area contributed by atoms with Crippen molar-refractivity contribution in [1.29, 1.82) is 0 Å². The van der Waals surface area contributed by atoms with Gasteiger partial charge < -0.3 is 5.32 Å². The van der Waals surface area contributed by atoms with E-state index in [0.717, 1.165) is 11.4 Å². The molecule has 0 aliphatic heterocycles. The molecule has 2 aromatic heterocycles. The zero-order chi connectivity index (χ0) is 14.0. The van der Waals surface area contributed by atoms with E-state index in [4.69, 9.17) is 0 Å². The van der Waals surface area contributed by atoms with Crippen molar-refractivity contribution in [1.82, 2.24) is 19.5 Å². The van der Waals surface area contributed by atoms with Gasteiger partial charge >= 0.3 is 5.69 Å². The van der Waals surface area contributed by atoms with E-state index in [-0.39, 0.29) is 17.3 Å². The van der Waals surface area contributed by atoms with Crippen LogP contribution in [-0.4, -0.2) is 31.0 Å². The topological polar surface area (TPSA) is 98.8 Å². The monoisotopic (exact) mass is 262 g/mol. The molecule has 0 atom stereocenters. The van der Waals surface area contributed by atoms with Crippen LogP contribution in [0.3, 0.4) is 0 Å². The van der Waals surface area contributed by atoms with Crippen molar-refractivity contribution in [3.63, 3.8) is 0 Å². The molecule has 1 N–H and O–H groups in total. The van der Waals surface area contributed by atoms with Crippen LogP contribution in [0, 0.1) is 24.0 Å². The summed E-state index contributed by atoms with van der Waals surface area (Å²) in [5.41, 5.74) is 1.46. The summed E-state index contributed by atoms with van der Waals surface area (Å²) in [7, 11) is 0. The highest BCUT2D eigenvalue weighted by Crippen LogP contribution is 2.28. The molecule has 0 radical (unpaired) electrons. The van der Waals surface area contributed by atoms with Gasteiger partial charge in [-0.2, -0.15) is 0 Å². The SMILES string of the molecule is CCNc1ncnc(-n2cnc(C)c2C)c1[N+](=O)[O-]. The van der Waals surface area contributed by atoms with Crippen LogP contribution < -0.4 is 5.32 Å². The summed E-state index contributed by atoms with van der Waals surface area (Å²) in [4.78, 5) is 22.8. The Morgan fingerprint density at radius 3 is 2.63 bits per heavy atom. The van der Waals surface area contributed by atoms with Gasteiger partial charge in [-0.25, -0.2) is 15.0 Å². The molecule has 100 valence electrons. The molecule has 0 aromatic carbocycles. The molecule has 2 rings (SSSR count). The highest BCUT2D eigenvalue weighted by Gasteiger charge is 2.24. The lowest BCUT2D eigenvalue weighted by molar-refractivity contribution is -0.384. The molecule has 0 saturated carbocycles. The fraction of sp³-hybridized carbons (Fsp3) is 0.364. The molecule has 0 fully saturated rings. The molecule has 0 amide bonds. The number of hydrogen-bond acceptors (Lipinski definition) is 6. The van der Waals surface area contributed by atoms with Gasteiger partial charge in [-0.05, 0) is 20.8 Å². The first kappa shape index (κ1) is 12.9. The normalized spacial score (nSPS) is 10.5. The van der Waals surface area contributed by atoms with Crippen molar-refractivity contribution in [2.24, 2.45) is 0 Å². The predicted octanol–water partition coefficient (Wildman–Crippen LogP) is 1.62. The predicted molar refractivity (Wildman–Crippen MR) is 69.4 cm³/mol. The average molecular weight is 262 g/mol. The Bertz CT molecular complexity index is 622. The molecule has 8 nitrogen and oxygen atoms in total. The van der Waals surface area contributed by atoms with Crippen molar-refractivity contribution < 1.29 is 4.92 Å². The van der Waals surface area contributed by atoms with Gasteiger partial charge in [0.25, 0.3) is 0 Å². The van der Waals surface area contributed by atoms with Crippen molar-refractivity contribution in [3.05, 3.63) is 34.2 Å². The third kappa shape index (κ3) is 2.24. The lowest BCUT2D eigenvalue weighted by Crippen LogP contribution is -2.09. The van der Waals surface area contributed by atoms with Gasteiger partial charge in [-0.1, -0.05) is 0 Å². The molecule has 8 heteroatoms. The molecular formula is C11H14N6O2. The van der Waals surface area contributed by atoms with Gasteiger partial charge in [0.05, 0.1) is 10.6 Å². The molecular weight excluding hydrogens is 248 g/mol. The average Bonchev–Trinajstić information content (AvgIpc) is 2.70. The summed E-state index contributed by atoms with van der Waals surface area (Å²) in [6.07, 6.45) is 2.82. The summed E-state index contributed by atoms with van der Waals surface area (Å²) < 4.78 is 1.59. The number of hydrogen-bond donors (Lipinski definition) is 1. The minimum absolute atomic E-state index is 0.148. The van der Waals surface area contributed by atoms with E-state index in [1.165, 1.54) is 12.7 Å². The molecule has 0 bridgehead atoms. The molecule has 0 aliphatic carbocycles. The minimum atomic E-state index is -0.484. The lowest BCUT2D eigenvalue weighted by atomic mass is 10.3. The molecule has 0 aliphatic rings. The lowest BCUT2D eigenvalue weighted by Gasteiger charge is -2.08. The second-order valence-electron chi connectivity index (χ2n) is 3.97. The molecule has 2 aromatic rings. The number of anilines is 1. The Kier molecular flexibility index (Phi) is 3.41. The number of aryl methyl sites for hydroxylation is 1. The smallest absolute Gasteiger partial charge is 0.354 e. The van der Waals surface area contributed by atoms with Crippen molar-refractivity contribution in [2.45, 2.75) is 20.8 Å². The Balaban J connectivity index is 2.66. The Morgan fingerprint density at radius 1 is 1.37 bits per heavy atom. The van der Waals surface area contributed by atoms with Gasteiger partial charge in [0.2, 0.25) is 11.6 Å². The van der Waals surface area contributed by atoms with Gasteiger partial charge in [0.15, 0.2) is 0 Å². The number of nitrogens with zero attached hydrogens (tertiary/aromatic N) is 5. The zero-order valence-corrected chi connectivity index (χ0v) is 10.9. The number of imidazole rings is 1. The highest BCUT2D eigenvalue weighted by atomic mass is 16.6. The van der Waals surface area contributed by atoms with Gasteiger partial charge in [-0.3, -0.25) is 14.7 Å². The van der Waals surface area contributed by atoms with Crippen molar-refractivity contribution in [3.8, 4) is 5.82 Å². The van der Waals surface area contributed by atoms with Crippen molar-refractivity contribution >= 4 is 11.5 Å². The van der Waals surface area contributed by atoms with Gasteiger partial charge in [0, 0.05) is 12.2 Å². The third-order valence-corrected chi connectivity index (χ3v) is 2.81. The van der Waals surface area contributed by atoms with Crippen LogP contribution in [0.15, 0.2) is 12.7 Å². The van der Waals surface area contributed by atoms with Gasteiger partial charge in [-0.15, -0.1) is 0 Å². The maximum Gasteiger partial charge on any atom is 0.354 e. The van der Waals surface area contributed by atoms with Crippen LogP contribution >= 0.6 is 0 Å². The number of rotatable bonds is 4. The van der Waals surface area contributed by atoms with E-state index in [2.05, 4.69) is 20.3 Å². The summed E-state index contributed by atoms with van der Waals surface area (Å²) >= 11 is 0. The van der Waals surface area contributed by atoms with Crippen LogP contribution in [0.4, 0.5) is 11.5 Å². The van der Waals surface area contributed by atoms with Crippen LogP contribution in [-0.2, 0) is 0 Å². The van der Waals surface area contributed by atoms with E-state index in [9.17, 15) is 10.1 Å². The number of nitrogens with one attached hydrogen (secondary N) is 1. The summed E-state index contributed by atoms with van der Waals surface area (Å²) in [6, 6.07) is 0. The van der Waals surface area contributed by atoms with Crippen LogP contribution in [0.5, 0.6) is 0 Å². The van der Waals surface area contributed by atoms with Crippen LogP contribution in [0.1, 0.15) is 18.3 Å². The maximum atomic E-state index is 11.3. The first-order valence-electron chi connectivity index (χ1n) is 5.80. The second kappa shape index (κ2) is 5.01. The summed E-state index contributed by atoms with van der Waals surface area (Å²) in [5.74, 6) is 0.428. The standard InChI is InChI=1S/C11H14N6O2/c1-4-12-10-9(17(18)19)11(14-5-13-10)16-6-15-7(2)8(16)3/h5-6H,4H2,1-3H3,(H,12,13,14). The van der Waals surface area contributed by atoms with Crippen molar-refractivity contribution in [2.75, 3.05) is 11.9 Å². The second-order valence-corrected chi connectivity index (χ2v) is 3.97. The van der Waals surface area contributed by atoms with E-state index in [1.54, 1.807) is 4.57 Å². The maximum absolute atomic E-state index is 11.3. The van der Waals surface area contributed by atoms with Crippen LogP contribution in [0.25, 0.3) is 5.82 Å². The fourth-order valence-electron chi connectivity index (χ4n) is 1.72. The van der Waals surface area contributed by atoms with Crippen LogP contribution in [0.2, 0.25) is 0 Å². The van der Waals surface area contributed by atoms with Gasteiger partial charge in [0.1, 0.15) is 12.7 Å². The van der Waals surface area contributed by atoms with E-state index < -0.39 is 4.92 Å². The molecule has 0 saturated heterocycles. The molecule has 19 heavy (non-hydrogen) atoms. The van der Waals surface area contributed by atoms with E-state index in [1.807, 2.05) is 20.8 Å². The summed E-state index contributed by atoms with van der Waals surface area (Å²) in [6.45, 7) is 6.06. The summed E-state index contributed by atoms with van der Waals surface area (Å²) in [5, 5.41) is 14.1. The first-order chi connectivity index (χ1) is 9.06. The Morgan fingerprint density at radius 2 is 2.11 bits per heavy atom. The Labute approximate surface area is 109 Å². The molecule has 0 unspecified atom stereocenters. The first-order valence-corrected chi connectivity index (χ1v) is 5.80. The zero-order valence-electron chi connectivity index (χ0n) is 10.9. The highest BCUT2D eigenvalue weighted by molar-refractivity contribution is 5.64.